The van der Waals surface area contributed by atoms with Crippen LogP contribution in [0.5, 0.6) is 11.5 Å². The van der Waals surface area contributed by atoms with Crippen LogP contribution in [0.4, 0.5) is 21.0 Å². The molecule has 2 aromatic carbocycles. The minimum Gasteiger partial charge on any atom is -0.490 e. The van der Waals surface area contributed by atoms with Crippen LogP contribution in [-0.2, 0) is 32.2 Å². The lowest BCUT2D eigenvalue weighted by Crippen LogP contribution is -2.55. The van der Waals surface area contributed by atoms with Crippen LogP contribution < -0.4 is 19.3 Å². The third kappa shape index (κ3) is 12.4. The summed E-state index contributed by atoms with van der Waals surface area (Å²) in [6.07, 6.45) is 11.4. The minimum absolute atomic E-state index is 0.0614. The van der Waals surface area contributed by atoms with Gasteiger partial charge in [0.2, 0.25) is 0 Å². The van der Waals surface area contributed by atoms with E-state index in [1.54, 1.807) is 22.2 Å². The Morgan fingerprint density at radius 1 is 0.609 bits per heavy atom. The van der Waals surface area contributed by atoms with Gasteiger partial charge in [0.25, 0.3) is 0 Å². The smallest absolute Gasteiger partial charge is 0.410 e. The maximum atomic E-state index is 12.3. The van der Waals surface area contributed by atoms with Gasteiger partial charge in [-0.25, -0.2) is 9.59 Å². The molecule has 6 heterocycles. The lowest BCUT2D eigenvalue weighted by Gasteiger charge is -2.41. The SMILES string of the molecule is CC(=O)OCc1ccccc1.CC(C)(C)OC(=O)N1CC[C@H]1COc1cncc(N2CC3CC3C2)c1.O=C(OCc1ccccc1)N1CC[C@H]1COc1cncc(N2CC3CC3C2)c1. The Bertz CT molecular complexity index is 2170. The van der Waals surface area contributed by atoms with Crippen molar-refractivity contribution >= 4 is 29.5 Å². The molecule has 2 amide bonds. The molecular weight excluding hydrogens is 813 g/mol. The van der Waals surface area contributed by atoms with E-state index >= 15 is 0 Å². The lowest BCUT2D eigenvalue weighted by atomic mass is 10.1. The second kappa shape index (κ2) is 20.2. The average molecular weight is 875 g/mol. The second-order valence-electron chi connectivity index (χ2n) is 18.8. The molecule has 4 aromatic rings. The molecule has 4 aliphatic heterocycles. The van der Waals surface area contributed by atoms with Crippen molar-refractivity contribution in [2.24, 2.45) is 23.7 Å². The summed E-state index contributed by atoms with van der Waals surface area (Å²) in [6.45, 7) is 14.7. The van der Waals surface area contributed by atoms with Crippen molar-refractivity contribution in [3.05, 3.63) is 109 Å². The van der Waals surface area contributed by atoms with Crippen LogP contribution in [0, 0.1) is 23.7 Å². The Kier molecular flexibility index (Phi) is 14.1. The van der Waals surface area contributed by atoms with Crippen LogP contribution in [0.15, 0.2) is 97.6 Å². The number of pyridine rings is 2. The summed E-state index contributed by atoms with van der Waals surface area (Å²) in [5.74, 6) is 4.85. The van der Waals surface area contributed by atoms with Crippen LogP contribution >= 0.6 is 0 Å². The van der Waals surface area contributed by atoms with Crippen molar-refractivity contribution in [1.29, 1.82) is 0 Å². The summed E-state index contributed by atoms with van der Waals surface area (Å²) in [5, 5.41) is 0. The van der Waals surface area contributed by atoms with E-state index in [1.807, 2.05) is 93.8 Å². The molecule has 64 heavy (non-hydrogen) atoms. The third-order valence-electron chi connectivity index (χ3n) is 12.6. The van der Waals surface area contributed by atoms with E-state index in [0.717, 1.165) is 110 Å². The maximum Gasteiger partial charge on any atom is 0.410 e. The summed E-state index contributed by atoms with van der Waals surface area (Å²) in [4.78, 5) is 51.8. The van der Waals surface area contributed by atoms with Crippen LogP contribution in [-0.4, -0.2) is 108 Å². The zero-order valence-corrected chi connectivity index (χ0v) is 37.6. The van der Waals surface area contributed by atoms with Gasteiger partial charge in [0, 0.05) is 58.3 Å². The number of hydrogen-bond donors (Lipinski definition) is 0. The summed E-state index contributed by atoms with van der Waals surface area (Å²) in [7, 11) is 0. The van der Waals surface area contributed by atoms with Gasteiger partial charge in [0.05, 0.1) is 48.2 Å². The first-order chi connectivity index (χ1) is 30.9. The van der Waals surface area contributed by atoms with Crippen LogP contribution in [0.1, 0.15) is 64.5 Å². The van der Waals surface area contributed by atoms with Crippen molar-refractivity contribution in [2.45, 2.75) is 84.3 Å². The summed E-state index contributed by atoms with van der Waals surface area (Å²) in [5.41, 5.74) is 3.82. The number of ether oxygens (including phenoxy) is 5. The van der Waals surface area contributed by atoms with Gasteiger partial charge >= 0.3 is 18.2 Å². The highest BCUT2D eigenvalue weighted by Gasteiger charge is 2.46. The number of fused-ring (bicyclic) bond motifs is 2. The zero-order valence-electron chi connectivity index (χ0n) is 37.6. The molecule has 0 radical (unpaired) electrons. The Morgan fingerprint density at radius 2 is 1.05 bits per heavy atom. The molecule has 6 atom stereocenters. The monoisotopic (exact) mass is 874 g/mol. The van der Waals surface area contributed by atoms with Crippen LogP contribution in [0.25, 0.3) is 0 Å². The number of aromatic nitrogens is 2. The number of carbonyl (C=O) groups excluding carboxylic acids is 3. The summed E-state index contributed by atoms with van der Waals surface area (Å²) >= 11 is 0. The number of likely N-dealkylation sites (tertiary alicyclic amines) is 2. The van der Waals surface area contributed by atoms with Gasteiger partial charge in [-0.1, -0.05) is 60.7 Å². The molecule has 4 unspecified atom stereocenters. The predicted molar refractivity (Wildman–Crippen MR) is 242 cm³/mol. The second-order valence-corrected chi connectivity index (χ2v) is 18.8. The van der Waals surface area contributed by atoms with Crippen molar-refractivity contribution in [3.8, 4) is 11.5 Å². The number of benzene rings is 2. The van der Waals surface area contributed by atoms with E-state index < -0.39 is 5.60 Å². The molecule has 0 spiro atoms. The number of hydrogen-bond acceptors (Lipinski definition) is 12. The maximum absolute atomic E-state index is 12.3. The van der Waals surface area contributed by atoms with Gasteiger partial charge in [-0.2, -0.15) is 0 Å². The van der Waals surface area contributed by atoms with E-state index in [1.165, 1.54) is 19.8 Å². The van der Waals surface area contributed by atoms with E-state index in [4.69, 9.17) is 23.7 Å². The van der Waals surface area contributed by atoms with Crippen molar-refractivity contribution in [1.82, 2.24) is 19.8 Å². The molecule has 340 valence electrons. The van der Waals surface area contributed by atoms with Gasteiger partial charge < -0.3 is 43.3 Å². The molecule has 0 N–H and O–H groups in total. The summed E-state index contributed by atoms with van der Waals surface area (Å²) < 4.78 is 27.5. The van der Waals surface area contributed by atoms with E-state index in [9.17, 15) is 14.4 Å². The fraction of sp³-hybridized carbons (Fsp3) is 0.500. The fourth-order valence-electron chi connectivity index (χ4n) is 8.51. The van der Waals surface area contributed by atoms with Crippen LogP contribution in [0.3, 0.4) is 0 Å². The molecule has 2 saturated carbocycles. The standard InChI is InChI=1S/C22H25N3O3.C19H27N3O3.C9H10O2/c26-22(28-14-16-4-2-1-3-5-16)25-7-6-19(25)15-27-21-9-20(10-23-11-21)24-12-17-8-18(17)13-24;1-19(2,3)25-18(23)22-5-4-15(22)12-24-17-7-16(8-20-9-17)21-10-13-6-14(13)11-21;1-8(10)11-7-9-5-3-2-4-6-9/h1-5,9-11,17-19H,6-8,12-15H2;7-9,13-15H,4-6,10-12H2,1-3H3;2-6H,7H2,1H3/t17?,18?,19-;13?,14?,15-;/m00./s1. The van der Waals surface area contributed by atoms with Gasteiger partial charge in [0.15, 0.2) is 0 Å². The number of anilines is 2. The molecule has 0 bridgehead atoms. The minimum atomic E-state index is -0.466. The Labute approximate surface area is 376 Å². The Balaban J connectivity index is 0.000000143. The van der Waals surface area contributed by atoms with Gasteiger partial charge in [-0.05, 0) is 81.3 Å². The first-order valence-electron chi connectivity index (χ1n) is 22.7. The van der Waals surface area contributed by atoms with E-state index in [0.29, 0.717) is 26.4 Å². The molecule has 14 heteroatoms. The van der Waals surface area contributed by atoms with Gasteiger partial charge in [-0.3, -0.25) is 14.8 Å². The number of carbonyl (C=O) groups is 3. The normalized spacial score (nSPS) is 23.3. The predicted octanol–water partition coefficient (Wildman–Crippen LogP) is 8.00. The number of amides is 2. The Morgan fingerprint density at radius 3 is 1.45 bits per heavy atom. The molecule has 14 nitrogen and oxygen atoms in total. The molecule has 6 fully saturated rings. The van der Waals surface area contributed by atoms with Crippen molar-refractivity contribution in [3.63, 3.8) is 0 Å². The van der Waals surface area contributed by atoms with Crippen molar-refractivity contribution < 1.29 is 38.1 Å². The molecule has 4 saturated heterocycles. The molecular formula is C50H62N6O8. The number of rotatable bonds is 12. The molecule has 10 rings (SSSR count). The number of piperidine rings is 2. The van der Waals surface area contributed by atoms with Gasteiger partial charge in [-0.15, -0.1) is 0 Å². The molecule has 6 aliphatic rings. The van der Waals surface area contributed by atoms with E-state index in [2.05, 4.69) is 31.9 Å². The fourth-order valence-corrected chi connectivity index (χ4v) is 8.51. The first kappa shape index (κ1) is 44.6. The topological polar surface area (TPSA) is 136 Å². The zero-order chi connectivity index (χ0) is 44.6. The number of nitrogens with zero attached hydrogens (tertiary/aromatic N) is 6. The highest BCUT2D eigenvalue weighted by molar-refractivity contribution is 5.70. The lowest BCUT2D eigenvalue weighted by molar-refractivity contribution is -0.142. The quantitative estimate of drug-likeness (QED) is 0.101. The van der Waals surface area contributed by atoms with Crippen molar-refractivity contribution in [2.75, 3.05) is 62.3 Å². The average Bonchev–Trinajstić information content (AvgIpc) is 4.10. The highest BCUT2D eigenvalue weighted by Crippen LogP contribution is 2.47. The molecule has 2 aromatic heterocycles. The third-order valence-corrected chi connectivity index (χ3v) is 12.6. The van der Waals surface area contributed by atoms with E-state index in [-0.39, 0.29) is 30.2 Å². The Hall–Kier alpha value is -6.05. The highest BCUT2D eigenvalue weighted by atomic mass is 16.6. The summed E-state index contributed by atoms with van der Waals surface area (Å²) in [6, 6.07) is 23.6. The van der Waals surface area contributed by atoms with Gasteiger partial charge in [0.1, 0.15) is 43.5 Å². The van der Waals surface area contributed by atoms with Crippen LogP contribution in [0.2, 0.25) is 0 Å². The molecule has 2 aliphatic carbocycles. The largest absolute Gasteiger partial charge is 0.490 e. The first-order valence-corrected chi connectivity index (χ1v) is 22.7. The number of esters is 1.